The zero-order valence-electron chi connectivity index (χ0n) is 18.5. The number of halogens is 3. The van der Waals surface area contributed by atoms with E-state index in [0.29, 0.717) is 11.4 Å². The third-order valence-corrected chi connectivity index (χ3v) is 5.67. The molecule has 0 aliphatic heterocycles. The smallest absolute Gasteiger partial charge is 0.238 e. The van der Waals surface area contributed by atoms with Crippen molar-refractivity contribution >= 4 is 0 Å². The monoisotopic (exact) mass is 438 g/mol. The van der Waals surface area contributed by atoms with Crippen LogP contribution >= 0.6 is 0 Å². The maximum absolute atomic E-state index is 13.9. The van der Waals surface area contributed by atoms with Crippen molar-refractivity contribution in [1.82, 2.24) is 19.6 Å². The highest BCUT2D eigenvalue weighted by Gasteiger charge is 2.37. The first-order valence-electron chi connectivity index (χ1n) is 10.5. The number of aromatic nitrogens is 4. The zero-order valence-corrected chi connectivity index (χ0v) is 18.5. The van der Waals surface area contributed by atoms with Crippen LogP contribution in [-0.2, 0) is 19.0 Å². The number of para-hydroxylation sites is 1. The standard InChI is InChI=1S/C25H25F3N4/c1-5-21-13-18(4)32(29-21)22-12-8-10-17(3)23(22)31-15-20(24(30-31)25(26,27)28)14-19-11-7-6-9-16(19)2/h6-13,15H,5,14H2,1-4H3. The summed E-state index contributed by atoms with van der Waals surface area (Å²) in [6.45, 7) is 7.73. The van der Waals surface area contributed by atoms with Crippen LogP contribution in [0.15, 0.2) is 54.7 Å². The number of aryl methyl sites for hydroxylation is 4. The fraction of sp³-hybridized carbons (Fsp3) is 0.280. The van der Waals surface area contributed by atoms with Crippen LogP contribution in [0.5, 0.6) is 0 Å². The van der Waals surface area contributed by atoms with Gasteiger partial charge in [-0.25, -0.2) is 9.36 Å². The van der Waals surface area contributed by atoms with E-state index in [0.717, 1.165) is 34.5 Å². The average molecular weight is 438 g/mol. The lowest BCUT2D eigenvalue weighted by Crippen LogP contribution is -2.12. The Morgan fingerprint density at radius 2 is 1.59 bits per heavy atom. The third-order valence-electron chi connectivity index (χ3n) is 5.67. The summed E-state index contributed by atoms with van der Waals surface area (Å²) in [7, 11) is 0. The maximum atomic E-state index is 13.9. The highest BCUT2D eigenvalue weighted by Crippen LogP contribution is 2.34. The number of rotatable bonds is 5. The molecule has 2 heterocycles. The first-order chi connectivity index (χ1) is 15.2. The second-order valence-electron chi connectivity index (χ2n) is 8.03. The van der Waals surface area contributed by atoms with Crippen molar-refractivity contribution in [2.75, 3.05) is 0 Å². The lowest BCUT2D eigenvalue weighted by atomic mass is 10.0. The predicted octanol–water partition coefficient (Wildman–Crippen LogP) is 6.16. The van der Waals surface area contributed by atoms with Crippen molar-refractivity contribution in [2.24, 2.45) is 0 Å². The fourth-order valence-corrected chi connectivity index (χ4v) is 3.97. The largest absolute Gasteiger partial charge is 0.435 e. The molecule has 0 aliphatic carbocycles. The summed E-state index contributed by atoms with van der Waals surface area (Å²) in [5, 5.41) is 8.67. The van der Waals surface area contributed by atoms with Gasteiger partial charge in [0.25, 0.3) is 0 Å². The van der Waals surface area contributed by atoms with Gasteiger partial charge in [0.1, 0.15) is 0 Å². The third kappa shape index (κ3) is 4.07. The second kappa shape index (κ2) is 8.30. The minimum absolute atomic E-state index is 0.146. The summed E-state index contributed by atoms with van der Waals surface area (Å²) < 4.78 is 44.9. The molecule has 0 bridgehead atoms. The van der Waals surface area contributed by atoms with Gasteiger partial charge in [-0.2, -0.15) is 23.4 Å². The maximum Gasteiger partial charge on any atom is 0.435 e. The van der Waals surface area contributed by atoms with E-state index in [4.69, 9.17) is 0 Å². The molecule has 4 rings (SSSR count). The molecule has 2 aromatic heterocycles. The van der Waals surface area contributed by atoms with Gasteiger partial charge in [-0.15, -0.1) is 0 Å². The van der Waals surface area contributed by atoms with Gasteiger partial charge in [-0.05, 0) is 56.0 Å². The van der Waals surface area contributed by atoms with Gasteiger partial charge in [0.05, 0.1) is 17.1 Å². The molecule has 32 heavy (non-hydrogen) atoms. The summed E-state index contributed by atoms with van der Waals surface area (Å²) >= 11 is 0. The SMILES string of the molecule is CCc1cc(C)n(-c2cccc(C)c2-n2cc(Cc3ccccc3C)c(C(F)(F)F)n2)n1. The average Bonchev–Trinajstić information content (AvgIpc) is 3.32. The van der Waals surface area contributed by atoms with Gasteiger partial charge in [-0.1, -0.05) is 43.3 Å². The van der Waals surface area contributed by atoms with Crippen LogP contribution in [0.3, 0.4) is 0 Å². The molecular weight excluding hydrogens is 413 g/mol. The van der Waals surface area contributed by atoms with E-state index >= 15 is 0 Å². The predicted molar refractivity (Wildman–Crippen MR) is 119 cm³/mol. The molecule has 0 saturated carbocycles. The van der Waals surface area contributed by atoms with Gasteiger partial charge in [-0.3, -0.25) is 0 Å². The van der Waals surface area contributed by atoms with Crippen LogP contribution < -0.4 is 0 Å². The molecule has 4 nitrogen and oxygen atoms in total. The Labute approximate surface area is 185 Å². The van der Waals surface area contributed by atoms with Gasteiger partial charge in [0.15, 0.2) is 5.69 Å². The topological polar surface area (TPSA) is 35.6 Å². The quantitative estimate of drug-likeness (QED) is 0.374. The Bertz CT molecular complexity index is 1260. The molecule has 0 atom stereocenters. The van der Waals surface area contributed by atoms with Gasteiger partial charge < -0.3 is 0 Å². The molecule has 166 valence electrons. The Balaban J connectivity index is 1.89. The number of benzene rings is 2. The van der Waals surface area contributed by atoms with E-state index in [2.05, 4.69) is 10.2 Å². The lowest BCUT2D eigenvalue weighted by Gasteiger charge is -2.14. The fourth-order valence-electron chi connectivity index (χ4n) is 3.97. The van der Waals surface area contributed by atoms with E-state index in [1.54, 1.807) is 4.68 Å². The van der Waals surface area contributed by atoms with E-state index < -0.39 is 11.9 Å². The molecule has 4 aromatic rings. The van der Waals surface area contributed by atoms with Crippen LogP contribution in [0.25, 0.3) is 11.4 Å². The van der Waals surface area contributed by atoms with Gasteiger partial charge >= 0.3 is 6.18 Å². The van der Waals surface area contributed by atoms with Crippen molar-refractivity contribution in [2.45, 2.75) is 46.7 Å². The zero-order chi connectivity index (χ0) is 23.0. The Hall–Kier alpha value is -3.35. The summed E-state index contributed by atoms with van der Waals surface area (Å²) in [6, 6.07) is 15.1. The second-order valence-corrected chi connectivity index (χ2v) is 8.03. The normalized spacial score (nSPS) is 11.8. The number of hydrogen-bond donors (Lipinski definition) is 0. The van der Waals surface area contributed by atoms with Crippen molar-refractivity contribution in [3.8, 4) is 11.4 Å². The molecule has 0 saturated heterocycles. The van der Waals surface area contributed by atoms with E-state index in [1.807, 2.05) is 76.2 Å². The first kappa shape index (κ1) is 21.9. The van der Waals surface area contributed by atoms with Crippen LogP contribution in [-0.4, -0.2) is 19.6 Å². The van der Waals surface area contributed by atoms with Crippen LogP contribution in [0.4, 0.5) is 13.2 Å². The summed E-state index contributed by atoms with van der Waals surface area (Å²) in [5.41, 5.74) is 5.01. The number of alkyl halides is 3. The van der Waals surface area contributed by atoms with E-state index in [9.17, 15) is 13.2 Å². The minimum Gasteiger partial charge on any atom is -0.238 e. The molecule has 0 radical (unpaired) electrons. The van der Waals surface area contributed by atoms with Crippen molar-refractivity contribution in [3.05, 3.63) is 94.1 Å². The van der Waals surface area contributed by atoms with Crippen LogP contribution in [0.2, 0.25) is 0 Å². The Morgan fingerprint density at radius 1 is 0.875 bits per heavy atom. The molecule has 0 N–H and O–H groups in total. The molecule has 7 heteroatoms. The lowest BCUT2D eigenvalue weighted by molar-refractivity contribution is -0.141. The summed E-state index contributed by atoms with van der Waals surface area (Å²) in [6.07, 6.45) is -2.12. The molecule has 0 spiro atoms. The summed E-state index contributed by atoms with van der Waals surface area (Å²) in [5.74, 6) is 0. The summed E-state index contributed by atoms with van der Waals surface area (Å²) in [4.78, 5) is 0. The molecule has 0 aliphatic rings. The molecule has 0 amide bonds. The molecule has 0 unspecified atom stereocenters. The van der Waals surface area contributed by atoms with Gasteiger partial charge in [0, 0.05) is 23.9 Å². The van der Waals surface area contributed by atoms with Crippen molar-refractivity contribution in [3.63, 3.8) is 0 Å². The molecular formula is C25H25F3N4. The minimum atomic E-state index is -4.55. The van der Waals surface area contributed by atoms with Crippen molar-refractivity contribution in [1.29, 1.82) is 0 Å². The Kier molecular flexibility index (Phi) is 5.67. The highest BCUT2D eigenvalue weighted by atomic mass is 19.4. The van der Waals surface area contributed by atoms with Crippen LogP contribution in [0.1, 0.15) is 46.3 Å². The van der Waals surface area contributed by atoms with Gasteiger partial charge in [0.2, 0.25) is 0 Å². The molecule has 2 aromatic carbocycles. The van der Waals surface area contributed by atoms with Crippen molar-refractivity contribution < 1.29 is 13.2 Å². The highest BCUT2D eigenvalue weighted by molar-refractivity contribution is 5.57. The van der Waals surface area contributed by atoms with E-state index in [1.165, 1.54) is 10.9 Å². The van der Waals surface area contributed by atoms with Crippen LogP contribution in [0, 0.1) is 20.8 Å². The first-order valence-corrected chi connectivity index (χ1v) is 10.5. The number of hydrogen-bond acceptors (Lipinski definition) is 2. The molecule has 0 fully saturated rings. The van der Waals surface area contributed by atoms with E-state index in [-0.39, 0.29) is 12.0 Å². The Morgan fingerprint density at radius 3 is 2.25 bits per heavy atom. The number of nitrogens with zero attached hydrogens (tertiary/aromatic N) is 4.